The topological polar surface area (TPSA) is 12.9 Å². The van der Waals surface area contributed by atoms with Crippen LogP contribution in [0.3, 0.4) is 0 Å². The SMILES string of the molecule is CCCCCCCCC1(CCCCCCCC)c2cc(Br)ccc2-c2ccc(-c3ccccn3)cc21. The maximum Gasteiger partial charge on any atom is 0.0702 e. The van der Waals surface area contributed by atoms with Gasteiger partial charge in [-0.05, 0) is 65.4 Å². The van der Waals surface area contributed by atoms with E-state index in [0.717, 1.165) is 5.69 Å². The second kappa shape index (κ2) is 13.6. The van der Waals surface area contributed by atoms with Crippen LogP contribution in [0.15, 0.2) is 65.3 Å². The molecule has 4 rings (SSSR count). The van der Waals surface area contributed by atoms with Crippen molar-refractivity contribution < 1.29 is 0 Å². The van der Waals surface area contributed by atoms with E-state index in [4.69, 9.17) is 0 Å². The molecule has 0 aliphatic heterocycles. The highest BCUT2D eigenvalue weighted by molar-refractivity contribution is 9.10. The Hall–Kier alpha value is -1.93. The lowest BCUT2D eigenvalue weighted by Crippen LogP contribution is -2.25. The molecule has 1 aliphatic rings. The molecular weight excluding hydrogens is 502 g/mol. The molecule has 0 saturated heterocycles. The molecule has 0 saturated carbocycles. The predicted molar refractivity (Wildman–Crippen MR) is 160 cm³/mol. The van der Waals surface area contributed by atoms with Crippen molar-refractivity contribution in [2.75, 3.05) is 0 Å². The van der Waals surface area contributed by atoms with Crippen LogP contribution in [-0.2, 0) is 5.41 Å². The number of halogens is 1. The predicted octanol–water partition coefficient (Wildman–Crippen LogP) is 11.3. The Morgan fingerprint density at radius 2 is 1.22 bits per heavy atom. The zero-order chi connectivity index (χ0) is 25.2. The molecule has 192 valence electrons. The number of fused-ring (bicyclic) bond motifs is 3. The normalized spacial score (nSPS) is 13.5. The Bertz CT molecular complexity index is 1070. The van der Waals surface area contributed by atoms with E-state index >= 15 is 0 Å². The van der Waals surface area contributed by atoms with Crippen molar-refractivity contribution in [2.45, 2.75) is 109 Å². The fourth-order valence-electron chi connectivity index (χ4n) is 6.24. The van der Waals surface area contributed by atoms with E-state index in [2.05, 4.69) is 83.3 Å². The summed E-state index contributed by atoms with van der Waals surface area (Å²) in [6, 6.07) is 20.4. The van der Waals surface area contributed by atoms with E-state index in [1.807, 2.05) is 12.3 Å². The van der Waals surface area contributed by atoms with E-state index < -0.39 is 0 Å². The third-order valence-corrected chi connectivity index (χ3v) is 8.69. The van der Waals surface area contributed by atoms with Crippen LogP contribution in [0.25, 0.3) is 22.4 Å². The van der Waals surface area contributed by atoms with Crippen LogP contribution in [0, 0.1) is 0 Å². The molecule has 2 heteroatoms. The summed E-state index contributed by atoms with van der Waals surface area (Å²) in [5.41, 5.74) is 8.40. The van der Waals surface area contributed by atoms with Crippen LogP contribution in [0.1, 0.15) is 115 Å². The molecule has 0 spiro atoms. The van der Waals surface area contributed by atoms with Gasteiger partial charge in [-0.1, -0.05) is 131 Å². The third-order valence-electron chi connectivity index (χ3n) is 8.20. The summed E-state index contributed by atoms with van der Waals surface area (Å²) < 4.78 is 1.20. The third kappa shape index (κ3) is 6.31. The number of pyridine rings is 1. The number of rotatable bonds is 15. The quantitative estimate of drug-likeness (QED) is 0.173. The minimum Gasteiger partial charge on any atom is -0.256 e. The van der Waals surface area contributed by atoms with E-state index in [1.54, 1.807) is 11.1 Å². The van der Waals surface area contributed by atoms with Crippen molar-refractivity contribution in [3.63, 3.8) is 0 Å². The van der Waals surface area contributed by atoms with Gasteiger partial charge in [-0.25, -0.2) is 0 Å². The Morgan fingerprint density at radius 3 is 1.83 bits per heavy atom. The summed E-state index contributed by atoms with van der Waals surface area (Å²) in [6.45, 7) is 4.61. The number of aromatic nitrogens is 1. The molecule has 0 radical (unpaired) electrons. The first-order chi connectivity index (χ1) is 17.7. The molecule has 0 atom stereocenters. The summed E-state index contributed by atoms with van der Waals surface area (Å²) in [6.07, 6.45) is 20.6. The van der Waals surface area contributed by atoms with Crippen molar-refractivity contribution in [3.8, 4) is 22.4 Å². The molecular formula is C34H44BrN. The van der Waals surface area contributed by atoms with Gasteiger partial charge in [0.25, 0.3) is 0 Å². The van der Waals surface area contributed by atoms with Gasteiger partial charge in [-0.15, -0.1) is 0 Å². The second-order valence-corrected chi connectivity index (χ2v) is 11.7. The monoisotopic (exact) mass is 545 g/mol. The smallest absolute Gasteiger partial charge is 0.0702 e. The van der Waals surface area contributed by atoms with Gasteiger partial charge in [0.15, 0.2) is 0 Å². The minimum absolute atomic E-state index is 0.106. The Kier molecular flexibility index (Phi) is 10.2. The highest BCUT2D eigenvalue weighted by Crippen LogP contribution is 2.55. The summed E-state index contributed by atoms with van der Waals surface area (Å²) >= 11 is 3.82. The largest absolute Gasteiger partial charge is 0.256 e. The van der Waals surface area contributed by atoms with Gasteiger partial charge in [0.1, 0.15) is 0 Å². The fraction of sp³-hybridized carbons (Fsp3) is 0.500. The molecule has 1 nitrogen and oxygen atoms in total. The van der Waals surface area contributed by atoms with Crippen LogP contribution in [-0.4, -0.2) is 4.98 Å². The van der Waals surface area contributed by atoms with E-state index in [-0.39, 0.29) is 5.41 Å². The molecule has 3 aromatic rings. The zero-order valence-corrected chi connectivity index (χ0v) is 24.1. The first-order valence-electron chi connectivity index (χ1n) is 14.6. The molecule has 1 aromatic heterocycles. The molecule has 0 unspecified atom stereocenters. The van der Waals surface area contributed by atoms with Gasteiger partial charge in [-0.3, -0.25) is 4.98 Å². The summed E-state index contributed by atoms with van der Waals surface area (Å²) in [7, 11) is 0. The number of hydrogen-bond acceptors (Lipinski definition) is 1. The van der Waals surface area contributed by atoms with Gasteiger partial charge in [0.05, 0.1) is 5.69 Å². The van der Waals surface area contributed by atoms with Crippen LogP contribution in [0.5, 0.6) is 0 Å². The molecule has 36 heavy (non-hydrogen) atoms. The van der Waals surface area contributed by atoms with E-state index in [0.29, 0.717) is 0 Å². The van der Waals surface area contributed by atoms with Crippen molar-refractivity contribution in [3.05, 3.63) is 76.4 Å². The average Bonchev–Trinajstić information content (AvgIpc) is 3.17. The maximum absolute atomic E-state index is 4.69. The zero-order valence-electron chi connectivity index (χ0n) is 22.5. The van der Waals surface area contributed by atoms with E-state index in [9.17, 15) is 0 Å². The van der Waals surface area contributed by atoms with Crippen molar-refractivity contribution in [2.24, 2.45) is 0 Å². The molecule has 0 amide bonds. The standard InChI is InChI=1S/C34H44BrN/c1-3-5-7-9-11-14-22-34(23-15-12-10-8-6-4-2)31-25-27(33-17-13-16-24-36-33)18-20-29(31)30-21-19-28(35)26-32(30)34/h13,16-21,24-26H,3-12,14-15,22-23H2,1-2H3. The van der Waals surface area contributed by atoms with Gasteiger partial charge in [0.2, 0.25) is 0 Å². The number of benzene rings is 2. The first-order valence-corrected chi connectivity index (χ1v) is 15.3. The minimum atomic E-state index is 0.106. The maximum atomic E-state index is 4.69. The number of hydrogen-bond donors (Lipinski definition) is 0. The highest BCUT2D eigenvalue weighted by Gasteiger charge is 2.42. The lowest BCUT2D eigenvalue weighted by Gasteiger charge is -2.33. The Balaban J connectivity index is 1.68. The van der Waals surface area contributed by atoms with Crippen LogP contribution in [0.4, 0.5) is 0 Å². The van der Waals surface area contributed by atoms with Crippen LogP contribution >= 0.6 is 15.9 Å². The average molecular weight is 547 g/mol. The highest BCUT2D eigenvalue weighted by atomic mass is 79.9. The summed E-state index contributed by atoms with van der Waals surface area (Å²) in [4.78, 5) is 4.69. The van der Waals surface area contributed by atoms with Crippen LogP contribution in [0.2, 0.25) is 0 Å². The Labute approximate surface area is 228 Å². The molecule has 1 aliphatic carbocycles. The summed E-state index contributed by atoms with van der Waals surface area (Å²) in [5, 5.41) is 0. The molecule has 0 bridgehead atoms. The number of nitrogens with zero attached hydrogens (tertiary/aromatic N) is 1. The lowest BCUT2D eigenvalue weighted by atomic mass is 9.70. The van der Waals surface area contributed by atoms with Crippen molar-refractivity contribution in [1.29, 1.82) is 0 Å². The van der Waals surface area contributed by atoms with Gasteiger partial charge < -0.3 is 0 Å². The van der Waals surface area contributed by atoms with E-state index in [1.165, 1.54) is 111 Å². The number of unbranched alkanes of at least 4 members (excludes halogenated alkanes) is 10. The Morgan fingerprint density at radius 1 is 0.639 bits per heavy atom. The fourth-order valence-corrected chi connectivity index (χ4v) is 6.60. The molecule has 1 heterocycles. The summed E-state index contributed by atoms with van der Waals surface area (Å²) in [5.74, 6) is 0. The lowest BCUT2D eigenvalue weighted by molar-refractivity contribution is 0.398. The first kappa shape index (κ1) is 27.1. The van der Waals surface area contributed by atoms with Crippen LogP contribution < -0.4 is 0 Å². The second-order valence-electron chi connectivity index (χ2n) is 10.8. The molecule has 0 fully saturated rings. The molecule has 0 N–H and O–H groups in total. The van der Waals surface area contributed by atoms with Gasteiger partial charge in [0, 0.05) is 21.6 Å². The van der Waals surface area contributed by atoms with Crippen molar-refractivity contribution in [1.82, 2.24) is 4.98 Å². The molecule has 2 aromatic carbocycles. The van der Waals surface area contributed by atoms with Gasteiger partial charge in [-0.2, -0.15) is 0 Å². The van der Waals surface area contributed by atoms with Gasteiger partial charge >= 0.3 is 0 Å². The van der Waals surface area contributed by atoms with Crippen molar-refractivity contribution >= 4 is 15.9 Å².